The molecule has 0 spiro atoms. The van der Waals surface area contributed by atoms with Gasteiger partial charge in [0.15, 0.2) is 0 Å². The smallest absolute Gasteiger partial charge is 0.318 e. The minimum atomic E-state index is -2.58. The number of rotatable bonds is 6. The summed E-state index contributed by atoms with van der Waals surface area (Å²) in [7, 11) is 0. The van der Waals surface area contributed by atoms with Crippen molar-refractivity contribution < 1.29 is 13.6 Å². The third-order valence-corrected chi connectivity index (χ3v) is 4.40. The minimum Gasteiger partial charge on any atom is -0.331 e. The van der Waals surface area contributed by atoms with E-state index in [0.29, 0.717) is 0 Å². The number of urea groups is 1. The fourth-order valence-electron chi connectivity index (χ4n) is 2.07. The Kier molecular flexibility index (Phi) is 6.04. The van der Waals surface area contributed by atoms with Crippen molar-refractivity contribution in [2.24, 2.45) is 0 Å². The van der Waals surface area contributed by atoms with Gasteiger partial charge >= 0.3 is 6.03 Å². The van der Waals surface area contributed by atoms with Gasteiger partial charge in [0.25, 0.3) is 6.43 Å². The van der Waals surface area contributed by atoms with E-state index in [0.717, 1.165) is 26.0 Å². The van der Waals surface area contributed by atoms with Crippen molar-refractivity contribution in [3.63, 3.8) is 0 Å². The first-order chi connectivity index (χ1) is 11.0. The third kappa shape index (κ3) is 5.28. The van der Waals surface area contributed by atoms with Gasteiger partial charge in [-0.05, 0) is 19.4 Å². The van der Waals surface area contributed by atoms with Crippen LogP contribution in [-0.4, -0.2) is 28.9 Å². The molecule has 2 aromatic rings. The number of halogens is 2. The van der Waals surface area contributed by atoms with Crippen molar-refractivity contribution in [2.75, 3.05) is 6.54 Å². The molecule has 23 heavy (non-hydrogen) atoms. The lowest BCUT2D eigenvalue weighted by Gasteiger charge is -2.22. The Morgan fingerprint density at radius 3 is 2.57 bits per heavy atom. The van der Waals surface area contributed by atoms with Crippen molar-refractivity contribution >= 4 is 17.4 Å². The summed E-state index contributed by atoms with van der Waals surface area (Å²) in [5.74, 6) is 0. The number of carbonyl (C=O) groups excluding carboxylic acids is 1. The molecule has 0 unspecified atom stereocenters. The number of hydrogen-bond donors (Lipinski definition) is 1. The maximum absolute atomic E-state index is 12.7. The molecule has 2 rings (SSSR count). The lowest BCUT2D eigenvalue weighted by molar-refractivity contribution is 0.0956. The van der Waals surface area contributed by atoms with Gasteiger partial charge in [-0.1, -0.05) is 30.3 Å². The van der Waals surface area contributed by atoms with E-state index in [4.69, 9.17) is 0 Å². The van der Waals surface area contributed by atoms with Crippen LogP contribution in [0, 0.1) is 13.8 Å². The summed E-state index contributed by atoms with van der Waals surface area (Å²) in [6.45, 7) is 3.64. The maximum Gasteiger partial charge on any atom is 0.318 e. The average Bonchev–Trinajstić information content (AvgIpc) is 2.83. The molecule has 124 valence electrons. The molecular formula is C16H19F2N3OS. The topological polar surface area (TPSA) is 45.2 Å². The first-order valence-electron chi connectivity index (χ1n) is 7.23. The SMILES string of the molecule is Cc1nc(CNC(=O)N(Cc2ccccc2)CC(F)F)sc1C. The van der Waals surface area contributed by atoms with Gasteiger partial charge in [0.05, 0.1) is 18.8 Å². The second-order valence-corrected chi connectivity index (χ2v) is 6.45. The monoisotopic (exact) mass is 339 g/mol. The van der Waals surface area contributed by atoms with E-state index >= 15 is 0 Å². The second kappa shape index (κ2) is 8.01. The lowest BCUT2D eigenvalue weighted by Crippen LogP contribution is -2.41. The molecule has 1 N–H and O–H groups in total. The summed E-state index contributed by atoms with van der Waals surface area (Å²) in [5, 5.41) is 3.44. The van der Waals surface area contributed by atoms with Crippen LogP contribution in [0.4, 0.5) is 13.6 Å². The molecule has 0 bridgehead atoms. The van der Waals surface area contributed by atoms with Crippen molar-refractivity contribution in [1.82, 2.24) is 15.2 Å². The fourth-order valence-corrected chi connectivity index (χ4v) is 2.94. The number of aryl methyl sites for hydroxylation is 2. The van der Waals surface area contributed by atoms with Gasteiger partial charge < -0.3 is 10.2 Å². The number of hydrogen-bond acceptors (Lipinski definition) is 3. The largest absolute Gasteiger partial charge is 0.331 e. The molecule has 1 aromatic heterocycles. The summed E-state index contributed by atoms with van der Waals surface area (Å²) >= 11 is 1.49. The predicted molar refractivity (Wildman–Crippen MR) is 86.7 cm³/mol. The van der Waals surface area contributed by atoms with Crippen molar-refractivity contribution in [1.29, 1.82) is 0 Å². The van der Waals surface area contributed by atoms with Crippen LogP contribution in [0.25, 0.3) is 0 Å². The number of amides is 2. The number of thiazole rings is 1. The second-order valence-electron chi connectivity index (χ2n) is 5.17. The number of nitrogens with zero attached hydrogens (tertiary/aromatic N) is 2. The lowest BCUT2D eigenvalue weighted by atomic mass is 10.2. The normalized spacial score (nSPS) is 10.8. The van der Waals surface area contributed by atoms with E-state index < -0.39 is 19.0 Å². The Morgan fingerprint density at radius 1 is 1.30 bits per heavy atom. The van der Waals surface area contributed by atoms with Gasteiger partial charge in [-0.25, -0.2) is 18.6 Å². The van der Waals surface area contributed by atoms with Crippen LogP contribution in [-0.2, 0) is 13.1 Å². The summed E-state index contributed by atoms with van der Waals surface area (Å²) in [5.41, 5.74) is 1.73. The number of aromatic nitrogens is 1. The standard InChI is InChI=1S/C16H19F2N3OS/c1-11-12(2)23-15(20-11)8-19-16(22)21(10-14(17)18)9-13-6-4-3-5-7-13/h3-7,14H,8-10H2,1-2H3,(H,19,22). The van der Waals surface area contributed by atoms with Crippen LogP contribution in [0.3, 0.4) is 0 Å². The summed E-state index contributed by atoms with van der Waals surface area (Å²) in [6.07, 6.45) is -2.58. The van der Waals surface area contributed by atoms with Crippen LogP contribution >= 0.6 is 11.3 Å². The Morgan fingerprint density at radius 2 is 2.00 bits per heavy atom. The highest BCUT2D eigenvalue weighted by Crippen LogP contribution is 2.16. The summed E-state index contributed by atoms with van der Waals surface area (Å²) in [6, 6.07) is 8.57. The maximum atomic E-state index is 12.7. The van der Waals surface area contributed by atoms with E-state index in [1.165, 1.54) is 11.3 Å². The zero-order valence-electron chi connectivity index (χ0n) is 13.1. The predicted octanol–water partition coefficient (Wildman–Crippen LogP) is 3.74. The van der Waals surface area contributed by atoms with Gasteiger partial charge in [-0.15, -0.1) is 11.3 Å². The molecule has 0 aliphatic carbocycles. The van der Waals surface area contributed by atoms with Crippen LogP contribution in [0.1, 0.15) is 21.1 Å². The van der Waals surface area contributed by atoms with E-state index in [-0.39, 0.29) is 13.1 Å². The summed E-state index contributed by atoms with van der Waals surface area (Å²) in [4.78, 5) is 18.7. The number of nitrogens with one attached hydrogen (secondary N) is 1. The van der Waals surface area contributed by atoms with Crippen LogP contribution in [0.15, 0.2) is 30.3 Å². The zero-order valence-corrected chi connectivity index (χ0v) is 13.9. The highest BCUT2D eigenvalue weighted by molar-refractivity contribution is 7.11. The number of carbonyl (C=O) groups is 1. The van der Waals surface area contributed by atoms with Crippen LogP contribution in [0.5, 0.6) is 0 Å². The number of benzene rings is 1. The molecule has 0 atom stereocenters. The van der Waals surface area contributed by atoms with Crippen LogP contribution < -0.4 is 5.32 Å². The van der Waals surface area contributed by atoms with Gasteiger partial charge in [-0.3, -0.25) is 0 Å². The van der Waals surface area contributed by atoms with Crippen LogP contribution in [0.2, 0.25) is 0 Å². The van der Waals surface area contributed by atoms with E-state index in [1.54, 1.807) is 12.1 Å². The van der Waals surface area contributed by atoms with Gasteiger partial charge in [0.2, 0.25) is 0 Å². The van der Waals surface area contributed by atoms with E-state index in [9.17, 15) is 13.6 Å². The first kappa shape index (κ1) is 17.3. The molecule has 0 saturated carbocycles. The molecule has 7 heteroatoms. The highest BCUT2D eigenvalue weighted by atomic mass is 32.1. The highest BCUT2D eigenvalue weighted by Gasteiger charge is 2.18. The van der Waals surface area contributed by atoms with E-state index in [1.807, 2.05) is 32.0 Å². The molecule has 4 nitrogen and oxygen atoms in total. The average molecular weight is 339 g/mol. The van der Waals surface area contributed by atoms with Gasteiger partial charge in [0, 0.05) is 11.4 Å². The fraction of sp³-hybridized carbons (Fsp3) is 0.375. The molecule has 0 aliphatic heterocycles. The molecule has 2 amide bonds. The third-order valence-electron chi connectivity index (χ3n) is 3.33. The minimum absolute atomic E-state index is 0.146. The quantitative estimate of drug-likeness (QED) is 0.871. The van der Waals surface area contributed by atoms with Crippen molar-refractivity contribution in [2.45, 2.75) is 33.4 Å². The zero-order chi connectivity index (χ0) is 16.8. The molecule has 0 fully saturated rings. The summed E-state index contributed by atoms with van der Waals surface area (Å²) < 4.78 is 25.5. The molecule has 0 saturated heterocycles. The molecule has 0 radical (unpaired) electrons. The molecule has 0 aliphatic rings. The van der Waals surface area contributed by atoms with E-state index in [2.05, 4.69) is 10.3 Å². The molecule has 1 heterocycles. The van der Waals surface area contributed by atoms with Gasteiger partial charge in [-0.2, -0.15) is 0 Å². The Hall–Kier alpha value is -2.02. The van der Waals surface area contributed by atoms with Crippen molar-refractivity contribution in [3.05, 3.63) is 51.5 Å². The number of alkyl halides is 2. The first-order valence-corrected chi connectivity index (χ1v) is 8.05. The Balaban J connectivity index is 1.98. The Labute approximate surface area is 138 Å². The van der Waals surface area contributed by atoms with Gasteiger partial charge in [0.1, 0.15) is 5.01 Å². The van der Waals surface area contributed by atoms with Crippen molar-refractivity contribution in [3.8, 4) is 0 Å². The molecular weight excluding hydrogens is 320 g/mol. The molecule has 1 aromatic carbocycles. The Bertz CT molecular complexity index is 627.